The molecule has 2 amide bonds. The van der Waals surface area contributed by atoms with Crippen molar-refractivity contribution in [3.63, 3.8) is 0 Å². The maximum absolute atomic E-state index is 12.3. The van der Waals surface area contributed by atoms with Crippen molar-refractivity contribution in [2.45, 2.75) is 51.4 Å². The number of amides is 2. The van der Waals surface area contributed by atoms with Gasteiger partial charge in [-0.05, 0) is 67.2 Å². The Hall–Kier alpha value is -3.07. The molecular weight excluding hydrogens is 418 g/mol. The minimum Gasteiger partial charge on any atom is -0.300 e. The third-order valence-electron chi connectivity index (χ3n) is 6.94. The molecule has 0 spiro atoms. The molecule has 3 aliphatic rings. The van der Waals surface area contributed by atoms with Crippen LogP contribution in [0.2, 0.25) is 0 Å². The summed E-state index contributed by atoms with van der Waals surface area (Å²) in [5.41, 5.74) is 5.67. The quantitative estimate of drug-likeness (QED) is 0.622. The molecule has 3 aromatic rings. The highest BCUT2D eigenvalue weighted by molar-refractivity contribution is 6.00. The van der Waals surface area contributed by atoms with Crippen molar-refractivity contribution in [1.29, 1.82) is 0 Å². The van der Waals surface area contributed by atoms with Gasteiger partial charge in [0, 0.05) is 24.7 Å². The molecule has 8 nitrogen and oxygen atoms in total. The van der Waals surface area contributed by atoms with Crippen LogP contribution in [0.3, 0.4) is 0 Å². The Morgan fingerprint density at radius 2 is 1.97 bits per heavy atom. The number of carbonyl (C=O) groups is 2. The molecule has 0 saturated carbocycles. The fraction of sp³-hybridized carbons (Fsp3) is 0.400. The number of hydrogen-bond acceptors (Lipinski definition) is 6. The van der Waals surface area contributed by atoms with Crippen LogP contribution in [0, 0.1) is 0 Å². The first-order valence-electron chi connectivity index (χ1n) is 11.7. The molecule has 5 heterocycles. The van der Waals surface area contributed by atoms with Crippen molar-refractivity contribution in [3.05, 3.63) is 59.4 Å². The van der Waals surface area contributed by atoms with Gasteiger partial charge in [0.1, 0.15) is 11.9 Å². The first-order valence-corrected chi connectivity index (χ1v) is 11.7. The summed E-state index contributed by atoms with van der Waals surface area (Å²) >= 11 is 0. The van der Waals surface area contributed by atoms with Crippen LogP contribution in [0.15, 0.2) is 42.7 Å². The number of hydrogen-bond donors (Lipinski definition) is 1. The number of rotatable bonds is 4. The third kappa shape index (κ3) is 3.94. The topological polar surface area (TPSA) is 79.2 Å². The van der Waals surface area contributed by atoms with E-state index in [2.05, 4.69) is 51.1 Å². The lowest BCUT2D eigenvalue weighted by Gasteiger charge is -2.35. The Balaban J connectivity index is 1.24. The number of nitrogens with zero attached hydrogens (tertiary/aromatic N) is 4. The van der Waals surface area contributed by atoms with E-state index >= 15 is 0 Å². The standard InChI is InChI=1S/C25H27N5O3/c31-23-6-5-22(25(32)27-23)30-15-20-12-18(3-4-19(20)16-33-30)24-26-13-21-11-17(7-10-29(21)24)14-28-8-1-2-9-28/h3-4,7,10-13,22H,1-2,5-6,8-9,14-16H2,(H,27,31,32). The molecule has 0 bridgehead atoms. The molecule has 0 radical (unpaired) electrons. The summed E-state index contributed by atoms with van der Waals surface area (Å²) < 4.78 is 2.13. The number of likely N-dealkylation sites (tertiary alicyclic amines) is 1. The number of carbonyl (C=O) groups excluding carboxylic acids is 2. The van der Waals surface area contributed by atoms with E-state index in [-0.39, 0.29) is 11.8 Å². The van der Waals surface area contributed by atoms with Gasteiger partial charge in [-0.25, -0.2) is 4.98 Å². The van der Waals surface area contributed by atoms with Gasteiger partial charge < -0.3 is 0 Å². The van der Waals surface area contributed by atoms with Crippen LogP contribution in [0.1, 0.15) is 42.4 Å². The maximum Gasteiger partial charge on any atom is 0.246 e. The summed E-state index contributed by atoms with van der Waals surface area (Å²) in [4.78, 5) is 36.8. The molecule has 1 unspecified atom stereocenters. The van der Waals surface area contributed by atoms with E-state index in [4.69, 9.17) is 9.82 Å². The molecule has 6 rings (SSSR count). The molecule has 1 atom stereocenters. The fourth-order valence-corrected chi connectivity index (χ4v) is 5.13. The van der Waals surface area contributed by atoms with Crippen molar-refractivity contribution in [3.8, 4) is 11.4 Å². The van der Waals surface area contributed by atoms with Crippen LogP contribution in [-0.4, -0.2) is 50.3 Å². The molecule has 170 valence electrons. The van der Waals surface area contributed by atoms with Crippen LogP contribution in [0.4, 0.5) is 0 Å². The van der Waals surface area contributed by atoms with Gasteiger partial charge in [-0.2, -0.15) is 5.06 Å². The number of imide groups is 1. The number of nitrogens with one attached hydrogen (secondary N) is 1. The van der Waals surface area contributed by atoms with Gasteiger partial charge in [-0.1, -0.05) is 12.1 Å². The fourth-order valence-electron chi connectivity index (χ4n) is 5.13. The normalized spacial score (nSPS) is 22.0. The maximum atomic E-state index is 12.3. The van der Waals surface area contributed by atoms with Crippen LogP contribution in [0.5, 0.6) is 0 Å². The number of pyridine rings is 1. The minimum atomic E-state index is -0.444. The average molecular weight is 446 g/mol. The zero-order valence-electron chi connectivity index (χ0n) is 18.5. The number of hydroxylamine groups is 2. The molecule has 2 aromatic heterocycles. The zero-order chi connectivity index (χ0) is 22.4. The zero-order valence-corrected chi connectivity index (χ0v) is 18.5. The molecule has 8 heteroatoms. The molecule has 1 N–H and O–H groups in total. The number of imidazole rings is 1. The van der Waals surface area contributed by atoms with E-state index in [1.165, 1.54) is 31.5 Å². The van der Waals surface area contributed by atoms with E-state index < -0.39 is 6.04 Å². The van der Waals surface area contributed by atoms with Crippen molar-refractivity contribution >= 4 is 17.3 Å². The molecule has 33 heavy (non-hydrogen) atoms. The molecule has 0 aliphatic carbocycles. The van der Waals surface area contributed by atoms with E-state index in [0.717, 1.165) is 34.6 Å². The smallest absolute Gasteiger partial charge is 0.246 e. The van der Waals surface area contributed by atoms with Gasteiger partial charge in [-0.15, -0.1) is 0 Å². The lowest BCUT2D eigenvalue weighted by Crippen LogP contribution is -2.52. The lowest BCUT2D eigenvalue weighted by molar-refractivity contribution is -0.216. The van der Waals surface area contributed by atoms with Crippen molar-refractivity contribution in [1.82, 2.24) is 24.7 Å². The Morgan fingerprint density at radius 3 is 2.82 bits per heavy atom. The highest BCUT2D eigenvalue weighted by Gasteiger charge is 2.34. The van der Waals surface area contributed by atoms with Gasteiger partial charge in [-0.3, -0.25) is 29.0 Å². The van der Waals surface area contributed by atoms with Gasteiger partial charge in [0.25, 0.3) is 0 Å². The van der Waals surface area contributed by atoms with Crippen molar-refractivity contribution in [2.24, 2.45) is 0 Å². The number of piperidine rings is 1. The molecule has 1 aromatic carbocycles. The van der Waals surface area contributed by atoms with E-state index in [1.54, 1.807) is 5.06 Å². The molecule has 3 aliphatic heterocycles. The molecule has 2 saturated heterocycles. The summed E-state index contributed by atoms with van der Waals surface area (Å²) in [5.74, 6) is 0.403. The second-order valence-electron chi connectivity index (χ2n) is 9.19. The average Bonchev–Trinajstić information content (AvgIpc) is 3.48. The third-order valence-corrected chi connectivity index (χ3v) is 6.94. The largest absolute Gasteiger partial charge is 0.300 e. The monoisotopic (exact) mass is 445 g/mol. The predicted molar refractivity (Wildman–Crippen MR) is 122 cm³/mol. The second kappa shape index (κ2) is 8.37. The summed E-state index contributed by atoms with van der Waals surface area (Å²) in [6.45, 7) is 4.27. The SMILES string of the molecule is O=C1CCC(N2Cc3cc(-c4ncc5cc(CN6CCCC6)ccn45)ccc3CO2)C(=O)N1. The van der Waals surface area contributed by atoms with E-state index in [0.29, 0.717) is 26.0 Å². The Labute approximate surface area is 192 Å². The lowest BCUT2D eigenvalue weighted by atomic mass is 10.0. The molecular formula is C25H27N5O3. The van der Waals surface area contributed by atoms with Crippen LogP contribution in [-0.2, 0) is 34.1 Å². The summed E-state index contributed by atoms with van der Waals surface area (Å²) in [7, 11) is 0. The molecule has 2 fully saturated rings. The van der Waals surface area contributed by atoms with Gasteiger partial charge >= 0.3 is 0 Å². The highest BCUT2D eigenvalue weighted by Crippen LogP contribution is 2.29. The predicted octanol–water partition coefficient (Wildman–Crippen LogP) is 2.65. The Kier molecular flexibility index (Phi) is 5.21. The van der Waals surface area contributed by atoms with Crippen molar-refractivity contribution < 1.29 is 14.4 Å². The Bertz CT molecular complexity index is 1230. The number of benzene rings is 1. The van der Waals surface area contributed by atoms with E-state index in [1.807, 2.05) is 6.20 Å². The van der Waals surface area contributed by atoms with Crippen LogP contribution >= 0.6 is 0 Å². The van der Waals surface area contributed by atoms with Gasteiger partial charge in [0.05, 0.1) is 24.9 Å². The highest BCUT2D eigenvalue weighted by atomic mass is 16.7. The van der Waals surface area contributed by atoms with Crippen molar-refractivity contribution in [2.75, 3.05) is 13.1 Å². The first kappa shape index (κ1) is 20.5. The van der Waals surface area contributed by atoms with E-state index in [9.17, 15) is 9.59 Å². The van der Waals surface area contributed by atoms with Crippen LogP contribution < -0.4 is 5.32 Å². The minimum absolute atomic E-state index is 0.217. The summed E-state index contributed by atoms with van der Waals surface area (Å²) in [6, 6.07) is 10.3. The summed E-state index contributed by atoms with van der Waals surface area (Å²) in [5, 5.41) is 4.13. The Morgan fingerprint density at radius 1 is 1.09 bits per heavy atom. The first-order chi connectivity index (χ1) is 16.1. The van der Waals surface area contributed by atoms with Gasteiger partial charge in [0.2, 0.25) is 11.8 Å². The van der Waals surface area contributed by atoms with Gasteiger partial charge in [0.15, 0.2) is 0 Å². The van der Waals surface area contributed by atoms with Crippen LogP contribution in [0.25, 0.3) is 16.9 Å². The second-order valence-corrected chi connectivity index (χ2v) is 9.19. The number of fused-ring (bicyclic) bond motifs is 2. The summed E-state index contributed by atoms with van der Waals surface area (Å²) in [6.07, 6.45) is 7.45. The number of aromatic nitrogens is 2.